The molecule has 19 heavy (non-hydrogen) atoms. The van der Waals surface area contributed by atoms with Crippen molar-refractivity contribution < 1.29 is 0 Å². The summed E-state index contributed by atoms with van der Waals surface area (Å²) in [4.78, 5) is 13.2. The second kappa shape index (κ2) is 6.05. The lowest BCUT2D eigenvalue weighted by atomic mass is 10.4. The number of aryl methyl sites for hydroxylation is 1. The largest absolute Gasteiger partial charge is 0.382 e. The quantitative estimate of drug-likeness (QED) is 0.609. The minimum atomic E-state index is -0.207. The summed E-state index contributed by atoms with van der Waals surface area (Å²) in [6, 6.07) is 1.50. The molecule has 2 aromatic heterocycles. The summed E-state index contributed by atoms with van der Waals surface area (Å²) in [5, 5.41) is 21.7. The van der Waals surface area contributed by atoms with Gasteiger partial charge >= 0.3 is 0 Å². The lowest BCUT2D eigenvalue weighted by molar-refractivity contribution is 0.601. The van der Waals surface area contributed by atoms with E-state index in [9.17, 15) is 4.79 Å². The topological polar surface area (TPSA) is 103 Å². The summed E-state index contributed by atoms with van der Waals surface area (Å²) in [7, 11) is 3.54. The zero-order valence-corrected chi connectivity index (χ0v) is 10.9. The molecule has 2 aromatic rings. The van der Waals surface area contributed by atoms with E-state index in [1.807, 2.05) is 7.05 Å². The fraction of sp³-hybridized carbons (Fsp3) is 0.500. The van der Waals surface area contributed by atoms with E-state index in [0.29, 0.717) is 11.5 Å². The maximum absolute atomic E-state index is 11.8. The number of aromatic nitrogens is 6. The van der Waals surface area contributed by atoms with Gasteiger partial charge in [0.05, 0.1) is 18.9 Å². The Bertz CT molecular complexity index is 589. The highest BCUT2D eigenvalue weighted by Gasteiger charge is 2.05. The van der Waals surface area contributed by atoms with Crippen LogP contribution < -0.4 is 16.2 Å². The lowest BCUT2D eigenvalue weighted by Gasteiger charge is -2.06. The summed E-state index contributed by atoms with van der Waals surface area (Å²) in [6.07, 6.45) is 1.60. The molecule has 0 spiro atoms. The summed E-state index contributed by atoms with van der Waals surface area (Å²) in [5.41, 5.74) is 0.491. The SMILES string of the molecule is CNCCNc1cnn(Cc2nnn(C)n2)c(=O)c1. The third-order valence-corrected chi connectivity index (χ3v) is 2.41. The summed E-state index contributed by atoms with van der Waals surface area (Å²) in [6.45, 7) is 1.75. The van der Waals surface area contributed by atoms with Gasteiger partial charge in [-0.15, -0.1) is 10.2 Å². The molecule has 9 heteroatoms. The first-order valence-corrected chi connectivity index (χ1v) is 5.87. The second-order valence-corrected chi connectivity index (χ2v) is 3.97. The molecule has 2 heterocycles. The Labute approximate surface area is 109 Å². The number of tetrazole rings is 1. The Hall–Kier alpha value is -2.29. The second-order valence-electron chi connectivity index (χ2n) is 3.97. The molecule has 0 amide bonds. The average molecular weight is 264 g/mol. The Kier molecular flexibility index (Phi) is 4.18. The molecule has 102 valence electrons. The molecule has 9 nitrogen and oxygen atoms in total. The number of hydrogen-bond donors (Lipinski definition) is 2. The zero-order valence-electron chi connectivity index (χ0n) is 10.9. The Balaban J connectivity index is 2.04. The molecule has 0 aliphatic rings. The van der Waals surface area contributed by atoms with Gasteiger partial charge in [0.1, 0.15) is 6.54 Å². The van der Waals surface area contributed by atoms with Gasteiger partial charge in [-0.3, -0.25) is 4.79 Å². The first-order valence-electron chi connectivity index (χ1n) is 5.87. The van der Waals surface area contributed by atoms with Crippen molar-refractivity contribution in [1.29, 1.82) is 0 Å². The van der Waals surface area contributed by atoms with Crippen LogP contribution in [0.1, 0.15) is 5.82 Å². The van der Waals surface area contributed by atoms with E-state index < -0.39 is 0 Å². The maximum Gasteiger partial charge on any atom is 0.269 e. The molecule has 0 radical (unpaired) electrons. The molecule has 0 aliphatic carbocycles. The van der Waals surface area contributed by atoms with Crippen molar-refractivity contribution in [1.82, 2.24) is 35.3 Å². The summed E-state index contributed by atoms with van der Waals surface area (Å²) >= 11 is 0. The van der Waals surface area contributed by atoms with Crippen molar-refractivity contribution in [2.75, 3.05) is 25.5 Å². The molecule has 0 unspecified atom stereocenters. The van der Waals surface area contributed by atoms with Gasteiger partial charge in [0.25, 0.3) is 5.56 Å². The number of anilines is 1. The molecule has 0 atom stereocenters. The predicted octanol–water partition coefficient (Wildman–Crippen LogP) is -1.55. The molecule has 2 rings (SSSR count). The summed E-state index contributed by atoms with van der Waals surface area (Å²) < 4.78 is 1.29. The monoisotopic (exact) mass is 264 g/mol. The maximum atomic E-state index is 11.8. The van der Waals surface area contributed by atoms with Gasteiger partial charge in [-0.05, 0) is 12.3 Å². The highest BCUT2D eigenvalue weighted by molar-refractivity contribution is 5.38. The molecule has 0 aromatic carbocycles. The Morgan fingerprint density at radius 3 is 2.84 bits per heavy atom. The van der Waals surface area contributed by atoms with Crippen LogP contribution >= 0.6 is 0 Å². The van der Waals surface area contributed by atoms with E-state index in [0.717, 1.165) is 13.1 Å². The lowest BCUT2D eigenvalue weighted by Crippen LogP contribution is -2.25. The van der Waals surface area contributed by atoms with Gasteiger partial charge in [0.15, 0.2) is 5.82 Å². The van der Waals surface area contributed by atoms with Gasteiger partial charge in [-0.1, -0.05) is 0 Å². The first kappa shape index (κ1) is 13.1. The van der Waals surface area contributed by atoms with E-state index in [1.54, 1.807) is 13.2 Å². The van der Waals surface area contributed by atoms with Gasteiger partial charge in [0.2, 0.25) is 0 Å². The van der Waals surface area contributed by atoms with E-state index in [2.05, 4.69) is 31.1 Å². The minimum absolute atomic E-state index is 0.207. The van der Waals surface area contributed by atoms with Crippen LogP contribution in [0.3, 0.4) is 0 Å². The standard InChI is InChI=1S/C10H16N8O/c1-11-3-4-12-8-5-10(19)18(13-6-8)7-9-14-16-17(2)15-9/h5-6,11-12H,3-4,7H2,1-2H3. The van der Waals surface area contributed by atoms with Crippen molar-refractivity contribution in [2.24, 2.45) is 7.05 Å². The van der Waals surface area contributed by atoms with Gasteiger partial charge in [-0.25, -0.2) is 4.68 Å². The van der Waals surface area contributed by atoms with E-state index in [4.69, 9.17) is 0 Å². The Morgan fingerprint density at radius 1 is 1.37 bits per heavy atom. The third-order valence-electron chi connectivity index (χ3n) is 2.41. The molecular weight excluding hydrogens is 248 g/mol. The van der Waals surface area contributed by atoms with Crippen molar-refractivity contribution in [3.05, 3.63) is 28.4 Å². The van der Waals surface area contributed by atoms with Crippen LogP contribution in [-0.4, -0.2) is 50.1 Å². The Morgan fingerprint density at radius 2 is 2.21 bits per heavy atom. The number of nitrogens with one attached hydrogen (secondary N) is 2. The zero-order chi connectivity index (χ0) is 13.7. The fourth-order valence-corrected chi connectivity index (χ4v) is 1.50. The molecule has 0 bridgehead atoms. The van der Waals surface area contributed by atoms with E-state index in [1.165, 1.54) is 15.5 Å². The van der Waals surface area contributed by atoms with Crippen molar-refractivity contribution in [3.63, 3.8) is 0 Å². The number of rotatable bonds is 6. The number of hydrogen-bond acceptors (Lipinski definition) is 7. The summed E-state index contributed by atoms with van der Waals surface area (Å²) in [5.74, 6) is 0.452. The average Bonchev–Trinajstić information content (AvgIpc) is 2.79. The predicted molar refractivity (Wildman–Crippen MR) is 68.8 cm³/mol. The number of nitrogens with zero attached hydrogens (tertiary/aromatic N) is 6. The first-order chi connectivity index (χ1) is 9.19. The normalized spacial score (nSPS) is 10.6. The molecule has 0 saturated carbocycles. The molecule has 0 aliphatic heterocycles. The van der Waals surface area contributed by atoms with Crippen molar-refractivity contribution >= 4 is 5.69 Å². The third kappa shape index (κ3) is 3.58. The molecule has 2 N–H and O–H groups in total. The highest BCUT2D eigenvalue weighted by Crippen LogP contribution is 1.99. The van der Waals surface area contributed by atoms with Crippen LogP contribution in [0.4, 0.5) is 5.69 Å². The van der Waals surface area contributed by atoms with Crippen LogP contribution in [-0.2, 0) is 13.6 Å². The van der Waals surface area contributed by atoms with Crippen LogP contribution in [0.15, 0.2) is 17.1 Å². The van der Waals surface area contributed by atoms with Gasteiger partial charge in [0, 0.05) is 19.2 Å². The minimum Gasteiger partial charge on any atom is -0.382 e. The van der Waals surface area contributed by atoms with Crippen LogP contribution in [0.5, 0.6) is 0 Å². The van der Waals surface area contributed by atoms with Crippen molar-refractivity contribution in [3.8, 4) is 0 Å². The van der Waals surface area contributed by atoms with Gasteiger partial charge < -0.3 is 10.6 Å². The molecule has 0 fully saturated rings. The van der Waals surface area contributed by atoms with Crippen LogP contribution in [0, 0.1) is 0 Å². The molecule has 0 saturated heterocycles. The van der Waals surface area contributed by atoms with Crippen LogP contribution in [0.25, 0.3) is 0 Å². The highest BCUT2D eigenvalue weighted by atomic mass is 16.1. The number of likely N-dealkylation sites (N-methyl/N-ethyl adjacent to an activating group) is 1. The molecular formula is C10H16N8O. The van der Waals surface area contributed by atoms with Crippen molar-refractivity contribution in [2.45, 2.75) is 6.54 Å². The fourth-order valence-electron chi connectivity index (χ4n) is 1.50. The smallest absolute Gasteiger partial charge is 0.269 e. The van der Waals surface area contributed by atoms with E-state index in [-0.39, 0.29) is 12.1 Å². The van der Waals surface area contributed by atoms with E-state index >= 15 is 0 Å². The van der Waals surface area contributed by atoms with Crippen LogP contribution in [0.2, 0.25) is 0 Å². The van der Waals surface area contributed by atoms with Gasteiger partial charge in [-0.2, -0.15) is 9.90 Å².